The molecule has 3 aromatic carbocycles. The SMILES string of the molecule is CN1CCN(C2=Nc3ccccc3Sc3ccccc32)C[C@@H]1Cc1ccccc1. The monoisotopic (exact) mass is 399 g/mol. The standard InChI is InChI=1S/C25H25N3S/c1-27-15-16-28(18-20(27)17-19-9-3-2-4-10-19)25-21-11-5-7-13-23(21)29-24-14-8-6-12-22(24)26-25/h2-14,20H,15-18H2,1H3/t20-/m0/s1. The summed E-state index contributed by atoms with van der Waals surface area (Å²) in [4.78, 5) is 12.7. The Kier molecular flexibility index (Phi) is 5.13. The number of piperazine rings is 1. The molecule has 0 spiro atoms. The van der Waals surface area contributed by atoms with Crippen molar-refractivity contribution >= 4 is 23.3 Å². The van der Waals surface area contributed by atoms with Crippen LogP contribution >= 0.6 is 11.8 Å². The van der Waals surface area contributed by atoms with Crippen LogP contribution < -0.4 is 0 Å². The highest BCUT2D eigenvalue weighted by Gasteiger charge is 2.29. The lowest BCUT2D eigenvalue weighted by atomic mass is 10.0. The first-order valence-electron chi connectivity index (χ1n) is 10.2. The van der Waals surface area contributed by atoms with Gasteiger partial charge in [-0.05, 0) is 37.2 Å². The predicted molar refractivity (Wildman–Crippen MR) is 121 cm³/mol. The number of amidine groups is 1. The van der Waals surface area contributed by atoms with E-state index in [-0.39, 0.29) is 0 Å². The summed E-state index contributed by atoms with van der Waals surface area (Å²) in [6.45, 7) is 3.04. The normalized spacial score (nSPS) is 19.1. The van der Waals surface area contributed by atoms with E-state index >= 15 is 0 Å². The van der Waals surface area contributed by atoms with Gasteiger partial charge in [0.1, 0.15) is 5.84 Å². The lowest BCUT2D eigenvalue weighted by Gasteiger charge is -2.41. The fourth-order valence-corrected chi connectivity index (χ4v) is 5.17. The molecule has 5 rings (SSSR count). The third-order valence-electron chi connectivity index (χ3n) is 5.83. The summed E-state index contributed by atoms with van der Waals surface area (Å²) < 4.78 is 0. The Morgan fingerprint density at radius 2 is 1.59 bits per heavy atom. The first-order valence-corrected chi connectivity index (χ1v) is 11.0. The number of aliphatic imine (C=N–C) groups is 1. The molecule has 1 fully saturated rings. The Labute approximate surface area is 177 Å². The number of nitrogens with zero attached hydrogens (tertiary/aromatic N) is 3. The van der Waals surface area contributed by atoms with Crippen LogP contribution in [-0.4, -0.2) is 48.4 Å². The molecular formula is C25H25N3S. The second kappa shape index (κ2) is 8.05. The molecule has 29 heavy (non-hydrogen) atoms. The first kappa shape index (κ1) is 18.5. The number of para-hydroxylation sites is 1. The summed E-state index contributed by atoms with van der Waals surface area (Å²) in [5, 5.41) is 0. The molecule has 0 saturated carbocycles. The fraction of sp³-hybridized carbons (Fsp3) is 0.240. The Morgan fingerprint density at radius 1 is 0.862 bits per heavy atom. The van der Waals surface area contributed by atoms with Gasteiger partial charge in [-0.1, -0.05) is 72.4 Å². The maximum Gasteiger partial charge on any atom is 0.137 e. The molecular weight excluding hydrogens is 374 g/mol. The van der Waals surface area contributed by atoms with Crippen LogP contribution in [0.3, 0.4) is 0 Å². The molecule has 3 aromatic rings. The van der Waals surface area contributed by atoms with Gasteiger partial charge in [0.15, 0.2) is 0 Å². The molecule has 3 nitrogen and oxygen atoms in total. The molecule has 2 aliphatic heterocycles. The highest BCUT2D eigenvalue weighted by atomic mass is 32.2. The zero-order chi connectivity index (χ0) is 19.6. The molecule has 0 aliphatic carbocycles. The minimum atomic E-state index is 0.479. The number of hydrogen-bond acceptors (Lipinski definition) is 4. The van der Waals surface area contributed by atoms with Gasteiger partial charge in [-0.2, -0.15) is 0 Å². The highest BCUT2D eigenvalue weighted by molar-refractivity contribution is 7.99. The Bertz CT molecular complexity index is 1030. The van der Waals surface area contributed by atoms with Gasteiger partial charge in [-0.15, -0.1) is 0 Å². The third-order valence-corrected chi connectivity index (χ3v) is 6.97. The maximum absolute atomic E-state index is 5.17. The summed E-state index contributed by atoms with van der Waals surface area (Å²) in [5.41, 5.74) is 3.72. The van der Waals surface area contributed by atoms with Crippen molar-refractivity contribution in [3.8, 4) is 0 Å². The zero-order valence-electron chi connectivity index (χ0n) is 16.7. The van der Waals surface area contributed by atoms with Crippen molar-refractivity contribution in [2.45, 2.75) is 22.3 Å². The highest BCUT2D eigenvalue weighted by Crippen LogP contribution is 2.40. The zero-order valence-corrected chi connectivity index (χ0v) is 17.5. The van der Waals surface area contributed by atoms with Gasteiger partial charge in [0.05, 0.1) is 5.69 Å². The second-order valence-corrected chi connectivity index (χ2v) is 8.86. The first-order chi connectivity index (χ1) is 14.3. The summed E-state index contributed by atoms with van der Waals surface area (Å²) in [7, 11) is 2.25. The van der Waals surface area contributed by atoms with Crippen LogP contribution in [0.25, 0.3) is 0 Å². The van der Waals surface area contributed by atoms with Gasteiger partial charge in [0.25, 0.3) is 0 Å². The molecule has 1 atom stereocenters. The number of benzene rings is 3. The molecule has 0 radical (unpaired) electrons. The van der Waals surface area contributed by atoms with Gasteiger partial charge in [0, 0.05) is 41.0 Å². The van der Waals surface area contributed by atoms with Gasteiger partial charge in [-0.25, -0.2) is 4.99 Å². The molecule has 0 aromatic heterocycles. The maximum atomic E-state index is 5.17. The minimum Gasteiger partial charge on any atom is -0.353 e. The van der Waals surface area contributed by atoms with E-state index in [4.69, 9.17) is 4.99 Å². The average Bonchev–Trinajstić information content (AvgIpc) is 2.93. The lowest BCUT2D eigenvalue weighted by molar-refractivity contribution is 0.140. The van der Waals surface area contributed by atoms with Crippen molar-refractivity contribution in [1.82, 2.24) is 9.80 Å². The molecule has 4 heteroatoms. The van der Waals surface area contributed by atoms with Crippen LogP contribution in [0.1, 0.15) is 11.1 Å². The van der Waals surface area contributed by atoms with Crippen LogP contribution in [-0.2, 0) is 6.42 Å². The van der Waals surface area contributed by atoms with Crippen LogP contribution in [0.4, 0.5) is 5.69 Å². The average molecular weight is 400 g/mol. The van der Waals surface area contributed by atoms with Crippen molar-refractivity contribution in [1.29, 1.82) is 0 Å². The molecule has 0 unspecified atom stereocenters. The summed E-state index contributed by atoms with van der Waals surface area (Å²) in [6.07, 6.45) is 1.06. The second-order valence-electron chi connectivity index (χ2n) is 7.77. The van der Waals surface area contributed by atoms with Crippen molar-refractivity contribution in [2.75, 3.05) is 26.7 Å². The topological polar surface area (TPSA) is 18.8 Å². The Balaban J connectivity index is 1.49. The van der Waals surface area contributed by atoms with Crippen molar-refractivity contribution < 1.29 is 0 Å². The van der Waals surface area contributed by atoms with E-state index < -0.39 is 0 Å². The van der Waals surface area contributed by atoms with E-state index in [9.17, 15) is 0 Å². The van der Waals surface area contributed by atoms with Gasteiger partial charge in [-0.3, -0.25) is 4.90 Å². The molecule has 0 N–H and O–H groups in total. The third kappa shape index (κ3) is 3.83. The Hall–Kier alpha value is -2.56. The van der Waals surface area contributed by atoms with E-state index in [1.54, 1.807) is 0 Å². The quantitative estimate of drug-likeness (QED) is 0.598. The molecule has 2 aliphatic rings. The fourth-order valence-electron chi connectivity index (χ4n) is 4.16. The van der Waals surface area contributed by atoms with Crippen LogP contribution in [0.15, 0.2) is 93.6 Å². The van der Waals surface area contributed by atoms with Gasteiger partial charge in [0.2, 0.25) is 0 Å². The molecule has 146 valence electrons. The van der Waals surface area contributed by atoms with E-state index in [1.807, 2.05) is 11.8 Å². The summed E-state index contributed by atoms with van der Waals surface area (Å²) in [6, 6.07) is 28.5. The van der Waals surface area contributed by atoms with E-state index in [2.05, 4.69) is 95.7 Å². The largest absolute Gasteiger partial charge is 0.353 e. The smallest absolute Gasteiger partial charge is 0.137 e. The number of fused-ring (bicyclic) bond motifs is 2. The van der Waals surface area contributed by atoms with Crippen molar-refractivity contribution in [3.63, 3.8) is 0 Å². The summed E-state index contributed by atoms with van der Waals surface area (Å²) in [5.74, 6) is 1.12. The van der Waals surface area contributed by atoms with Crippen molar-refractivity contribution in [3.05, 3.63) is 90.0 Å². The number of rotatable bonds is 2. The van der Waals surface area contributed by atoms with Crippen LogP contribution in [0.2, 0.25) is 0 Å². The predicted octanol–water partition coefficient (Wildman–Crippen LogP) is 5.09. The van der Waals surface area contributed by atoms with Crippen LogP contribution in [0, 0.1) is 0 Å². The molecule has 1 saturated heterocycles. The van der Waals surface area contributed by atoms with E-state index in [0.29, 0.717) is 6.04 Å². The number of likely N-dealkylation sites (N-methyl/N-ethyl adjacent to an activating group) is 1. The molecule has 0 bridgehead atoms. The lowest BCUT2D eigenvalue weighted by Crippen LogP contribution is -2.54. The van der Waals surface area contributed by atoms with E-state index in [0.717, 1.165) is 37.6 Å². The number of hydrogen-bond donors (Lipinski definition) is 0. The Morgan fingerprint density at radius 3 is 2.45 bits per heavy atom. The molecule has 2 heterocycles. The van der Waals surface area contributed by atoms with Crippen molar-refractivity contribution in [2.24, 2.45) is 4.99 Å². The van der Waals surface area contributed by atoms with Crippen LogP contribution in [0.5, 0.6) is 0 Å². The van der Waals surface area contributed by atoms with Gasteiger partial charge < -0.3 is 4.90 Å². The van der Waals surface area contributed by atoms with Gasteiger partial charge >= 0.3 is 0 Å². The summed E-state index contributed by atoms with van der Waals surface area (Å²) >= 11 is 1.82. The van der Waals surface area contributed by atoms with E-state index in [1.165, 1.54) is 20.9 Å². The molecule has 0 amide bonds. The minimum absolute atomic E-state index is 0.479.